The zero-order valence-corrected chi connectivity index (χ0v) is 16.3. The minimum atomic E-state index is -6.01. The summed E-state index contributed by atoms with van der Waals surface area (Å²) in [5.74, 6) is -1.01. The van der Waals surface area contributed by atoms with Gasteiger partial charge >= 0.3 is 15.6 Å². The Morgan fingerprint density at radius 3 is 2.30 bits per heavy atom. The van der Waals surface area contributed by atoms with Gasteiger partial charge in [0, 0.05) is 17.2 Å². The lowest BCUT2D eigenvalue weighted by Crippen LogP contribution is -2.29. The molecular weight excluding hydrogens is 423 g/mol. The van der Waals surface area contributed by atoms with Crippen LogP contribution in [0.2, 0.25) is 0 Å². The first-order chi connectivity index (χ1) is 14.2. The summed E-state index contributed by atoms with van der Waals surface area (Å²) in [7, 11) is -6.01. The molecule has 0 spiro atoms. The average molecular weight is 439 g/mol. The zero-order chi connectivity index (χ0) is 21.9. The lowest BCUT2D eigenvalue weighted by atomic mass is 9.85. The number of pyridine rings is 1. The Morgan fingerprint density at radius 1 is 1.13 bits per heavy atom. The van der Waals surface area contributed by atoms with Gasteiger partial charge in [-0.2, -0.15) is 26.9 Å². The maximum Gasteiger partial charge on any atom is 0.534 e. The van der Waals surface area contributed by atoms with Crippen LogP contribution in [0.1, 0.15) is 49.3 Å². The molecule has 3 rings (SSSR count). The van der Waals surface area contributed by atoms with Gasteiger partial charge in [-0.25, -0.2) is 4.98 Å². The quantitative estimate of drug-likeness (QED) is 0.355. The van der Waals surface area contributed by atoms with Crippen LogP contribution in [0, 0.1) is 16.2 Å². The molecule has 7 nitrogen and oxygen atoms in total. The molecule has 158 valence electrons. The molecule has 0 unspecified atom stereocenters. The molecule has 1 aliphatic rings. The van der Waals surface area contributed by atoms with E-state index < -0.39 is 27.1 Å². The number of nitriles is 1. The average Bonchev–Trinajstić information content (AvgIpc) is 2.73. The number of halogens is 3. The summed E-state index contributed by atoms with van der Waals surface area (Å²) in [6.45, 7) is 0. The SMILES string of the molecule is N#Cc1c(-c2ccc(N=O)cc2)cc(C2CCCCC2)nc1OS(=O)(=O)C(F)(F)F. The molecule has 1 heterocycles. The molecule has 0 bridgehead atoms. The Labute approximate surface area is 170 Å². The number of hydrogen-bond donors (Lipinski definition) is 0. The van der Waals surface area contributed by atoms with Crippen molar-refractivity contribution in [3.63, 3.8) is 0 Å². The summed E-state index contributed by atoms with van der Waals surface area (Å²) >= 11 is 0. The van der Waals surface area contributed by atoms with Crippen molar-refractivity contribution in [1.82, 2.24) is 4.98 Å². The number of hydrogen-bond acceptors (Lipinski definition) is 7. The third-order valence-electron chi connectivity index (χ3n) is 4.90. The number of rotatable bonds is 5. The Kier molecular flexibility index (Phi) is 6.07. The fourth-order valence-electron chi connectivity index (χ4n) is 3.40. The van der Waals surface area contributed by atoms with E-state index in [-0.39, 0.29) is 17.2 Å². The summed E-state index contributed by atoms with van der Waals surface area (Å²) < 4.78 is 66.0. The fraction of sp³-hybridized carbons (Fsp3) is 0.368. The van der Waals surface area contributed by atoms with Crippen molar-refractivity contribution < 1.29 is 25.8 Å². The highest BCUT2D eigenvalue weighted by atomic mass is 32.2. The second-order valence-corrected chi connectivity index (χ2v) is 8.38. The fourth-order valence-corrected chi connectivity index (χ4v) is 3.82. The molecular formula is C19H16F3N3O4S. The van der Waals surface area contributed by atoms with E-state index in [1.165, 1.54) is 24.3 Å². The standard InChI is InChI=1S/C19H16F3N3O4S/c20-19(21,22)30(27,28)29-18-16(11-23)15(12-6-8-14(25-26)9-7-12)10-17(24-18)13-4-2-1-3-5-13/h6-10,13H,1-5H2. The van der Waals surface area contributed by atoms with Crippen LogP contribution in [-0.4, -0.2) is 18.9 Å². The first-order valence-electron chi connectivity index (χ1n) is 9.06. The third-order valence-corrected chi connectivity index (χ3v) is 5.84. The van der Waals surface area contributed by atoms with Gasteiger partial charge in [0.1, 0.15) is 17.3 Å². The molecule has 0 aliphatic heterocycles. The smallest absolute Gasteiger partial charge is 0.354 e. The van der Waals surface area contributed by atoms with Crippen molar-refractivity contribution in [3.8, 4) is 23.1 Å². The van der Waals surface area contributed by atoms with E-state index in [4.69, 9.17) is 0 Å². The number of nitroso groups, excluding NO2 is 1. The van der Waals surface area contributed by atoms with E-state index in [9.17, 15) is 31.8 Å². The van der Waals surface area contributed by atoms with Crippen LogP contribution in [0.5, 0.6) is 5.88 Å². The lowest BCUT2D eigenvalue weighted by Gasteiger charge is -2.23. The highest BCUT2D eigenvalue weighted by Crippen LogP contribution is 2.39. The molecule has 1 saturated carbocycles. The summed E-state index contributed by atoms with van der Waals surface area (Å²) in [6.07, 6.45) is 4.29. The summed E-state index contributed by atoms with van der Waals surface area (Å²) in [5.41, 5.74) is -5.09. The van der Waals surface area contributed by atoms with Gasteiger partial charge in [-0.05, 0) is 41.8 Å². The van der Waals surface area contributed by atoms with Crippen molar-refractivity contribution in [3.05, 3.63) is 46.5 Å². The molecule has 1 aromatic carbocycles. The van der Waals surface area contributed by atoms with Gasteiger partial charge in [0.2, 0.25) is 0 Å². The van der Waals surface area contributed by atoms with Crippen LogP contribution >= 0.6 is 0 Å². The van der Waals surface area contributed by atoms with Crippen molar-refractivity contribution in [1.29, 1.82) is 5.26 Å². The molecule has 0 atom stereocenters. The second kappa shape index (κ2) is 8.39. The largest absolute Gasteiger partial charge is 0.534 e. The van der Waals surface area contributed by atoms with Gasteiger partial charge in [-0.1, -0.05) is 31.4 Å². The van der Waals surface area contributed by atoms with Crippen LogP contribution in [0.3, 0.4) is 0 Å². The number of alkyl halides is 3. The molecule has 1 fully saturated rings. The maximum atomic E-state index is 12.9. The highest BCUT2D eigenvalue weighted by Gasteiger charge is 2.49. The molecule has 1 aliphatic carbocycles. The van der Waals surface area contributed by atoms with Gasteiger partial charge in [-0.15, -0.1) is 4.91 Å². The van der Waals surface area contributed by atoms with Gasteiger partial charge in [0.15, 0.2) is 0 Å². The minimum absolute atomic E-state index is 0.0999. The first-order valence-corrected chi connectivity index (χ1v) is 10.5. The van der Waals surface area contributed by atoms with E-state index in [1.807, 2.05) is 0 Å². The molecule has 0 radical (unpaired) electrons. The van der Waals surface area contributed by atoms with Crippen LogP contribution < -0.4 is 4.18 Å². The summed E-state index contributed by atoms with van der Waals surface area (Å²) in [4.78, 5) is 14.6. The van der Waals surface area contributed by atoms with Gasteiger partial charge < -0.3 is 4.18 Å². The van der Waals surface area contributed by atoms with Crippen molar-refractivity contribution in [2.45, 2.75) is 43.5 Å². The highest BCUT2D eigenvalue weighted by molar-refractivity contribution is 7.87. The van der Waals surface area contributed by atoms with Crippen molar-refractivity contribution in [2.24, 2.45) is 5.18 Å². The molecule has 0 N–H and O–H groups in total. The molecule has 0 saturated heterocycles. The van der Waals surface area contributed by atoms with Crippen LogP contribution in [0.4, 0.5) is 18.9 Å². The molecule has 11 heteroatoms. The first kappa shape index (κ1) is 21.7. The molecule has 30 heavy (non-hydrogen) atoms. The normalized spacial score (nSPS) is 15.4. The monoisotopic (exact) mass is 439 g/mol. The molecule has 2 aromatic rings. The Balaban J connectivity index is 2.18. The van der Waals surface area contributed by atoms with Crippen LogP contribution in [-0.2, 0) is 10.1 Å². The zero-order valence-electron chi connectivity index (χ0n) is 15.5. The second-order valence-electron chi connectivity index (χ2n) is 6.84. The van der Waals surface area contributed by atoms with Gasteiger partial charge in [-0.3, -0.25) is 0 Å². The van der Waals surface area contributed by atoms with E-state index in [2.05, 4.69) is 14.3 Å². The third kappa shape index (κ3) is 4.43. The van der Waals surface area contributed by atoms with Crippen LogP contribution in [0.15, 0.2) is 35.5 Å². The van der Waals surface area contributed by atoms with Crippen molar-refractivity contribution in [2.75, 3.05) is 0 Å². The van der Waals surface area contributed by atoms with E-state index >= 15 is 0 Å². The number of nitrogens with zero attached hydrogens (tertiary/aromatic N) is 3. The van der Waals surface area contributed by atoms with Crippen molar-refractivity contribution >= 4 is 15.8 Å². The van der Waals surface area contributed by atoms with E-state index in [0.29, 0.717) is 11.3 Å². The van der Waals surface area contributed by atoms with E-state index in [1.54, 1.807) is 12.1 Å². The maximum absolute atomic E-state index is 12.9. The minimum Gasteiger partial charge on any atom is -0.354 e. The summed E-state index contributed by atoms with van der Waals surface area (Å²) in [5, 5.41) is 12.3. The van der Waals surface area contributed by atoms with Crippen LogP contribution in [0.25, 0.3) is 11.1 Å². The van der Waals surface area contributed by atoms with E-state index in [0.717, 1.165) is 32.1 Å². The lowest BCUT2D eigenvalue weighted by molar-refractivity contribution is -0.0501. The Morgan fingerprint density at radius 2 is 1.77 bits per heavy atom. The summed E-state index contributed by atoms with van der Waals surface area (Å²) in [6, 6.07) is 8.91. The molecule has 1 aromatic heterocycles. The van der Waals surface area contributed by atoms with Gasteiger partial charge in [0.25, 0.3) is 5.88 Å². The number of aromatic nitrogens is 1. The Hall–Kier alpha value is -3.00. The molecule has 0 amide bonds. The Bertz CT molecular complexity index is 1090. The van der Waals surface area contributed by atoms with Gasteiger partial charge in [0.05, 0.1) is 0 Å². The number of benzene rings is 1. The predicted molar refractivity (Wildman–Crippen MR) is 101 cm³/mol. The topological polar surface area (TPSA) is 109 Å². The predicted octanol–water partition coefficient (Wildman–Crippen LogP) is 5.29.